The van der Waals surface area contributed by atoms with Gasteiger partial charge in [0.2, 0.25) is 0 Å². The second kappa shape index (κ2) is 6.00. The highest BCUT2D eigenvalue weighted by molar-refractivity contribution is 5.97. The first-order chi connectivity index (χ1) is 8.74. The Hall–Kier alpha value is -2.10. The Morgan fingerprint density at radius 2 is 2.06 bits per heavy atom. The minimum atomic E-state index is -0.844. The van der Waals surface area contributed by atoms with E-state index in [2.05, 4.69) is 10.3 Å². The van der Waals surface area contributed by atoms with E-state index in [-0.39, 0.29) is 6.54 Å². The highest BCUT2D eigenvalue weighted by atomic mass is 16.4. The SMILES string of the molecule is O=C(O)CNC1=CC(=Nc2ccccc2)CCC1. The Morgan fingerprint density at radius 1 is 1.28 bits per heavy atom. The number of aliphatic carboxylic acids is 1. The number of carboxylic acid groups (broad SMARTS) is 1. The van der Waals surface area contributed by atoms with E-state index >= 15 is 0 Å². The number of hydrogen-bond donors (Lipinski definition) is 2. The maximum atomic E-state index is 10.5. The molecule has 0 fully saturated rings. The molecule has 0 heterocycles. The first kappa shape index (κ1) is 12.4. The molecule has 0 atom stereocenters. The Kier molecular flexibility index (Phi) is 4.12. The topological polar surface area (TPSA) is 61.7 Å². The van der Waals surface area contributed by atoms with E-state index in [0.29, 0.717) is 0 Å². The highest BCUT2D eigenvalue weighted by Crippen LogP contribution is 2.18. The van der Waals surface area contributed by atoms with Crippen molar-refractivity contribution in [3.63, 3.8) is 0 Å². The standard InChI is InChI=1S/C14H16N2O2/c17-14(18)10-15-12-7-4-8-13(9-12)16-11-5-2-1-3-6-11/h1-3,5-6,9,15H,4,7-8,10H2,(H,17,18). The summed E-state index contributed by atoms with van der Waals surface area (Å²) in [5.41, 5.74) is 2.89. The molecule has 0 saturated heterocycles. The van der Waals surface area contributed by atoms with Gasteiger partial charge in [0.25, 0.3) is 0 Å². The van der Waals surface area contributed by atoms with Crippen LogP contribution in [-0.4, -0.2) is 23.3 Å². The predicted molar refractivity (Wildman–Crippen MR) is 71.1 cm³/mol. The fourth-order valence-corrected chi connectivity index (χ4v) is 1.89. The number of carbonyl (C=O) groups is 1. The molecule has 1 aromatic carbocycles. The van der Waals surface area contributed by atoms with Crippen molar-refractivity contribution in [2.45, 2.75) is 19.3 Å². The molecule has 0 saturated carbocycles. The fourth-order valence-electron chi connectivity index (χ4n) is 1.89. The first-order valence-electron chi connectivity index (χ1n) is 6.03. The van der Waals surface area contributed by atoms with Gasteiger partial charge in [-0.3, -0.25) is 9.79 Å². The number of allylic oxidation sites excluding steroid dienone is 2. The molecule has 2 N–H and O–H groups in total. The zero-order valence-electron chi connectivity index (χ0n) is 10.1. The molecular formula is C14H16N2O2. The molecule has 0 bridgehead atoms. The molecule has 0 amide bonds. The molecule has 18 heavy (non-hydrogen) atoms. The molecule has 4 heteroatoms. The third kappa shape index (κ3) is 3.73. The first-order valence-corrected chi connectivity index (χ1v) is 6.03. The number of aliphatic imine (C=N–C) groups is 1. The minimum absolute atomic E-state index is 0.0373. The quantitative estimate of drug-likeness (QED) is 0.855. The van der Waals surface area contributed by atoms with Gasteiger partial charge in [0, 0.05) is 11.4 Å². The van der Waals surface area contributed by atoms with Crippen molar-refractivity contribution < 1.29 is 9.90 Å². The molecule has 1 aromatic rings. The molecule has 4 nitrogen and oxygen atoms in total. The van der Waals surface area contributed by atoms with E-state index in [0.717, 1.165) is 36.4 Å². The van der Waals surface area contributed by atoms with Crippen LogP contribution in [0.25, 0.3) is 0 Å². The number of benzene rings is 1. The minimum Gasteiger partial charge on any atom is -0.480 e. The van der Waals surface area contributed by atoms with Crippen molar-refractivity contribution in [2.24, 2.45) is 4.99 Å². The second-order valence-electron chi connectivity index (χ2n) is 4.21. The van der Waals surface area contributed by atoms with Gasteiger partial charge < -0.3 is 10.4 Å². The van der Waals surface area contributed by atoms with Gasteiger partial charge in [-0.2, -0.15) is 0 Å². The zero-order chi connectivity index (χ0) is 12.8. The molecule has 2 rings (SSSR count). The molecule has 0 radical (unpaired) electrons. The molecule has 1 aliphatic carbocycles. The Bertz CT molecular complexity index is 478. The third-order valence-electron chi connectivity index (χ3n) is 2.72. The van der Waals surface area contributed by atoms with E-state index in [4.69, 9.17) is 5.11 Å². The zero-order valence-corrected chi connectivity index (χ0v) is 10.1. The van der Waals surface area contributed by atoms with Crippen LogP contribution in [0.3, 0.4) is 0 Å². The van der Waals surface area contributed by atoms with Gasteiger partial charge in [-0.25, -0.2) is 0 Å². The summed E-state index contributed by atoms with van der Waals surface area (Å²) in [6, 6.07) is 9.78. The van der Waals surface area contributed by atoms with E-state index in [1.165, 1.54) is 0 Å². The van der Waals surface area contributed by atoms with Crippen LogP contribution in [0.1, 0.15) is 19.3 Å². The van der Waals surface area contributed by atoms with Crippen LogP contribution in [0.15, 0.2) is 47.1 Å². The maximum absolute atomic E-state index is 10.5. The van der Waals surface area contributed by atoms with Gasteiger partial charge in [0.05, 0.1) is 5.69 Å². The molecule has 94 valence electrons. The lowest BCUT2D eigenvalue weighted by Gasteiger charge is -2.15. The van der Waals surface area contributed by atoms with Gasteiger partial charge in [-0.15, -0.1) is 0 Å². The summed E-state index contributed by atoms with van der Waals surface area (Å²) in [7, 11) is 0. The number of nitrogens with zero attached hydrogens (tertiary/aromatic N) is 1. The van der Waals surface area contributed by atoms with E-state index < -0.39 is 5.97 Å². The van der Waals surface area contributed by atoms with Crippen LogP contribution in [0.4, 0.5) is 5.69 Å². The molecule has 0 unspecified atom stereocenters. The summed E-state index contributed by atoms with van der Waals surface area (Å²) < 4.78 is 0. The fraction of sp³-hybridized carbons (Fsp3) is 0.286. The summed E-state index contributed by atoms with van der Waals surface area (Å²) in [6.45, 7) is -0.0373. The van der Waals surface area contributed by atoms with Crippen LogP contribution >= 0.6 is 0 Å². The van der Waals surface area contributed by atoms with Gasteiger partial charge in [0.15, 0.2) is 0 Å². The largest absolute Gasteiger partial charge is 0.480 e. The average Bonchev–Trinajstić information content (AvgIpc) is 2.38. The maximum Gasteiger partial charge on any atom is 0.322 e. The Balaban J connectivity index is 2.07. The molecule has 1 aliphatic rings. The van der Waals surface area contributed by atoms with Crippen molar-refractivity contribution in [3.05, 3.63) is 42.1 Å². The van der Waals surface area contributed by atoms with Gasteiger partial charge in [-0.05, 0) is 37.5 Å². The monoisotopic (exact) mass is 244 g/mol. The smallest absolute Gasteiger partial charge is 0.322 e. The van der Waals surface area contributed by atoms with Gasteiger partial charge in [0.1, 0.15) is 6.54 Å². The molecule has 0 spiro atoms. The highest BCUT2D eigenvalue weighted by Gasteiger charge is 2.09. The van der Waals surface area contributed by atoms with Crippen LogP contribution in [0.5, 0.6) is 0 Å². The summed E-state index contributed by atoms with van der Waals surface area (Å²) in [4.78, 5) is 15.0. The number of rotatable bonds is 4. The Morgan fingerprint density at radius 3 is 2.78 bits per heavy atom. The lowest BCUT2D eigenvalue weighted by molar-refractivity contribution is -0.135. The van der Waals surface area contributed by atoms with E-state index in [9.17, 15) is 4.79 Å². The van der Waals surface area contributed by atoms with Gasteiger partial charge >= 0.3 is 5.97 Å². The van der Waals surface area contributed by atoms with Crippen LogP contribution in [-0.2, 0) is 4.79 Å². The van der Waals surface area contributed by atoms with E-state index in [1.807, 2.05) is 36.4 Å². The average molecular weight is 244 g/mol. The number of hydrogen-bond acceptors (Lipinski definition) is 3. The van der Waals surface area contributed by atoms with Crippen molar-refractivity contribution in [2.75, 3.05) is 6.54 Å². The van der Waals surface area contributed by atoms with Crippen LogP contribution < -0.4 is 5.32 Å². The normalized spacial score (nSPS) is 17.3. The van der Waals surface area contributed by atoms with Crippen molar-refractivity contribution in [1.29, 1.82) is 0 Å². The van der Waals surface area contributed by atoms with Crippen molar-refractivity contribution >= 4 is 17.4 Å². The van der Waals surface area contributed by atoms with Crippen molar-refractivity contribution in [1.82, 2.24) is 5.32 Å². The lowest BCUT2D eigenvalue weighted by atomic mass is 10.0. The van der Waals surface area contributed by atoms with Crippen LogP contribution in [0, 0.1) is 0 Å². The van der Waals surface area contributed by atoms with Gasteiger partial charge in [-0.1, -0.05) is 18.2 Å². The van der Waals surface area contributed by atoms with Crippen LogP contribution in [0.2, 0.25) is 0 Å². The summed E-state index contributed by atoms with van der Waals surface area (Å²) in [5.74, 6) is -0.844. The summed E-state index contributed by atoms with van der Waals surface area (Å²) >= 11 is 0. The molecule has 0 aliphatic heterocycles. The molecular weight excluding hydrogens is 228 g/mol. The summed E-state index contributed by atoms with van der Waals surface area (Å²) in [6.07, 6.45) is 4.79. The number of carboxylic acids is 1. The third-order valence-corrected chi connectivity index (χ3v) is 2.72. The number of nitrogens with one attached hydrogen (secondary N) is 1. The van der Waals surface area contributed by atoms with Crippen molar-refractivity contribution in [3.8, 4) is 0 Å². The summed E-state index contributed by atoms with van der Waals surface area (Å²) in [5, 5.41) is 11.5. The molecule has 0 aromatic heterocycles. The lowest BCUT2D eigenvalue weighted by Crippen LogP contribution is -2.24. The number of para-hydroxylation sites is 1. The predicted octanol–water partition coefficient (Wildman–Crippen LogP) is 2.50. The van der Waals surface area contributed by atoms with E-state index in [1.54, 1.807) is 0 Å². The second-order valence-corrected chi connectivity index (χ2v) is 4.21. The Labute approximate surface area is 106 Å².